The van der Waals surface area contributed by atoms with Gasteiger partial charge in [-0.2, -0.15) is 0 Å². The SMILES string of the molecule is O=S1(=O)CCNC(CCNCCC2CC2)C1. The largest absolute Gasteiger partial charge is 0.317 e. The Kier molecular flexibility index (Phi) is 4.21. The standard InChI is InChI=1S/C11H22N2O2S/c14-16(15)8-7-13-11(9-16)4-6-12-5-3-10-1-2-10/h10-13H,1-9H2. The van der Waals surface area contributed by atoms with Crippen LogP contribution in [0.4, 0.5) is 0 Å². The van der Waals surface area contributed by atoms with Crippen LogP contribution in [0, 0.1) is 5.92 Å². The fourth-order valence-electron chi connectivity index (χ4n) is 2.17. The number of hydrogen-bond acceptors (Lipinski definition) is 4. The van der Waals surface area contributed by atoms with E-state index in [1.807, 2.05) is 0 Å². The smallest absolute Gasteiger partial charge is 0.153 e. The van der Waals surface area contributed by atoms with E-state index in [4.69, 9.17) is 0 Å². The molecule has 5 heteroatoms. The lowest BCUT2D eigenvalue weighted by molar-refractivity contribution is 0.475. The molecule has 0 radical (unpaired) electrons. The van der Waals surface area contributed by atoms with Gasteiger partial charge in [-0.3, -0.25) is 0 Å². The molecular weight excluding hydrogens is 224 g/mol. The highest BCUT2D eigenvalue weighted by molar-refractivity contribution is 7.91. The van der Waals surface area contributed by atoms with Crippen LogP contribution in [-0.4, -0.2) is 45.6 Å². The topological polar surface area (TPSA) is 58.2 Å². The lowest BCUT2D eigenvalue weighted by atomic mass is 10.2. The van der Waals surface area contributed by atoms with E-state index in [2.05, 4.69) is 10.6 Å². The Bertz CT molecular complexity index is 312. The molecule has 0 aromatic carbocycles. The summed E-state index contributed by atoms with van der Waals surface area (Å²) in [7, 11) is -2.77. The van der Waals surface area contributed by atoms with Crippen molar-refractivity contribution in [1.29, 1.82) is 0 Å². The van der Waals surface area contributed by atoms with Gasteiger partial charge in [0.25, 0.3) is 0 Å². The minimum atomic E-state index is -2.77. The molecule has 94 valence electrons. The zero-order valence-corrected chi connectivity index (χ0v) is 10.6. The molecule has 0 amide bonds. The van der Waals surface area contributed by atoms with E-state index in [9.17, 15) is 8.42 Å². The summed E-state index contributed by atoms with van der Waals surface area (Å²) in [5.41, 5.74) is 0. The van der Waals surface area contributed by atoms with Crippen LogP contribution < -0.4 is 10.6 Å². The minimum Gasteiger partial charge on any atom is -0.317 e. The monoisotopic (exact) mass is 246 g/mol. The van der Waals surface area contributed by atoms with Crippen LogP contribution in [-0.2, 0) is 9.84 Å². The van der Waals surface area contributed by atoms with Gasteiger partial charge >= 0.3 is 0 Å². The second kappa shape index (κ2) is 5.47. The molecule has 1 heterocycles. The van der Waals surface area contributed by atoms with Crippen LogP contribution in [0.1, 0.15) is 25.7 Å². The Morgan fingerprint density at radius 2 is 1.94 bits per heavy atom. The molecule has 1 saturated carbocycles. The average Bonchev–Trinajstić information content (AvgIpc) is 2.99. The van der Waals surface area contributed by atoms with Crippen LogP contribution in [0.25, 0.3) is 0 Å². The predicted octanol–water partition coefficient (Wildman–Crippen LogP) is 0.153. The molecule has 1 atom stereocenters. The Morgan fingerprint density at radius 1 is 1.19 bits per heavy atom. The van der Waals surface area contributed by atoms with Crippen molar-refractivity contribution in [3.05, 3.63) is 0 Å². The molecule has 1 unspecified atom stereocenters. The van der Waals surface area contributed by atoms with E-state index >= 15 is 0 Å². The summed E-state index contributed by atoms with van der Waals surface area (Å²) in [4.78, 5) is 0. The van der Waals surface area contributed by atoms with Crippen LogP contribution in [0.3, 0.4) is 0 Å². The zero-order chi connectivity index (χ0) is 11.4. The first-order valence-corrected chi connectivity index (χ1v) is 8.12. The average molecular weight is 246 g/mol. The summed E-state index contributed by atoms with van der Waals surface area (Å²) in [6.45, 7) is 2.64. The van der Waals surface area contributed by atoms with Crippen molar-refractivity contribution in [2.45, 2.75) is 31.7 Å². The van der Waals surface area contributed by atoms with Crippen LogP contribution in [0.15, 0.2) is 0 Å². The Hall–Kier alpha value is -0.130. The molecule has 16 heavy (non-hydrogen) atoms. The third-order valence-electron chi connectivity index (χ3n) is 3.40. The number of rotatable bonds is 6. The van der Waals surface area contributed by atoms with Gasteiger partial charge in [-0.15, -0.1) is 0 Å². The Morgan fingerprint density at radius 3 is 2.62 bits per heavy atom. The van der Waals surface area contributed by atoms with Gasteiger partial charge in [0.15, 0.2) is 9.84 Å². The molecule has 2 N–H and O–H groups in total. The van der Waals surface area contributed by atoms with Crippen molar-refractivity contribution in [3.63, 3.8) is 0 Å². The first kappa shape index (κ1) is 12.3. The van der Waals surface area contributed by atoms with Crippen LogP contribution in [0.2, 0.25) is 0 Å². The van der Waals surface area contributed by atoms with Gasteiger partial charge in [0.05, 0.1) is 11.5 Å². The van der Waals surface area contributed by atoms with Gasteiger partial charge in [0, 0.05) is 12.6 Å². The van der Waals surface area contributed by atoms with Gasteiger partial charge in [-0.05, 0) is 31.8 Å². The molecule has 1 saturated heterocycles. The summed E-state index contributed by atoms with van der Waals surface area (Å²) in [6, 6.07) is 0.159. The summed E-state index contributed by atoms with van der Waals surface area (Å²) < 4.78 is 22.8. The molecular formula is C11H22N2O2S. The van der Waals surface area contributed by atoms with Crippen LogP contribution >= 0.6 is 0 Å². The normalized spacial score (nSPS) is 29.1. The van der Waals surface area contributed by atoms with E-state index in [0.717, 1.165) is 25.4 Å². The van der Waals surface area contributed by atoms with Crippen molar-refractivity contribution >= 4 is 9.84 Å². The molecule has 0 aromatic heterocycles. The van der Waals surface area contributed by atoms with Crippen LogP contribution in [0.5, 0.6) is 0 Å². The van der Waals surface area contributed by atoms with E-state index < -0.39 is 9.84 Å². The molecule has 4 nitrogen and oxygen atoms in total. The zero-order valence-electron chi connectivity index (χ0n) is 9.74. The van der Waals surface area contributed by atoms with Gasteiger partial charge in [-0.1, -0.05) is 12.8 Å². The third kappa shape index (κ3) is 4.39. The lowest BCUT2D eigenvalue weighted by Gasteiger charge is -2.23. The minimum absolute atomic E-state index is 0.159. The third-order valence-corrected chi connectivity index (χ3v) is 5.13. The Balaban J connectivity index is 1.54. The lowest BCUT2D eigenvalue weighted by Crippen LogP contribution is -2.46. The van der Waals surface area contributed by atoms with E-state index in [1.54, 1.807) is 0 Å². The maximum Gasteiger partial charge on any atom is 0.153 e. The first-order valence-electron chi connectivity index (χ1n) is 6.30. The van der Waals surface area contributed by atoms with Crippen molar-refractivity contribution in [3.8, 4) is 0 Å². The fourth-order valence-corrected chi connectivity index (χ4v) is 3.66. The fraction of sp³-hybridized carbons (Fsp3) is 1.00. The van der Waals surface area contributed by atoms with Gasteiger partial charge in [0.1, 0.15) is 0 Å². The molecule has 0 spiro atoms. The quantitative estimate of drug-likeness (QED) is 0.655. The van der Waals surface area contributed by atoms with E-state index in [0.29, 0.717) is 18.1 Å². The second-order valence-corrected chi connectivity index (χ2v) is 7.26. The second-order valence-electron chi connectivity index (χ2n) is 5.04. The summed E-state index contributed by atoms with van der Waals surface area (Å²) >= 11 is 0. The van der Waals surface area contributed by atoms with Crippen molar-refractivity contribution < 1.29 is 8.42 Å². The first-order chi connectivity index (χ1) is 7.66. The van der Waals surface area contributed by atoms with Crippen molar-refractivity contribution in [2.75, 3.05) is 31.1 Å². The molecule has 2 fully saturated rings. The van der Waals surface area contributed by atoms with Gasteiger partial charge in [0.2, 0.25) is 0 Å². The van der Waals surface area contributed by atoms with Crippen molar-refractivity contribution in [1.82, 2.24) is 10.6 Å². The molecule has 2 aliphatic rings. The Labute approximate surface area is 98.1 Å². The highest BCUT2D eigenvalue weighted by atomic mass is 32.2. The molecule has 0 aromatic rings. The number of nitrogens with one attached hydrogen (secondary N) is 2. The summed E-state index contributed by atoms with van der Waals surface area (Å²) in [6.07, 6.45) is 5.02. The maximum absolute atomic E-state index is 11.4. The maximum atomic E-state index is 11.4. The van der Waals surface area contributed by atoms with E-state index in [1.165, 1.54) is 19.3 Å². The number of sulfone groups is 1. The summed E-state index contributed by atoms with van der Waals surface area (Å²) in [5, 5.41) is 6.66. The van der Waals surface area contributed by atoms with Gasteiger partial charge in [-0.25, -0.2) is 8.42 Å². The summed E-state index contributed by atoms with van der Waals surface area (Å²) in [5.74, 6) is 1.59. The highest BCUT2D eigenvalue weighted by Gasteiger charge is 2.23. The predicted molar refractivity (Wildman–Crippen MR) is 65.3 cm³/mol. The van der Waals surface area contributed by atoms with Crippen molar-refractivity contribution in [2.24, 2.45) is 5.92 Å². The molecule has 1 aliphatic carbocycles. The highest BCUT2D eigenvalue weighted by Crippen LogP contribution is 2.31. The molecule has 0 bridgehead atoms. The molecule has 2 rings (SSSR count). The number of hydrogen-bond donors (Lipinski definition) is 2. The van der Waals surface area contributed by atoms with E-state index in [-0.39, 0.29) is 6.04 Å². The van der Waals surface area contributed by atoms with Gasteiger partial charge < -0.3 is 10.6 Å². The molecule has 1 aliphatic heterocycles.